The van der Waals surface area contributed by atoms with E-state index in [1.165, 1.54) is 43.5 Å². The highest BCUT2D eigenvalue weighted by molar-refractivity contribution is 7.89. The maximum absolute atomic E-state index is 12.8. The number of aromatic nitrogens is 3. The number of ether oxygens (including phenoxy) is 1. The highest BCUT2D eigenvalue weighted by Gasteiger charge is 2.24. The highest BCUT2D eigenvalue weighted by atomic mass is 32.2. The number of sulfonamides is 1. The molecule has 0 amide bonds. The summed E-state index contributed by atoms with van der Waals surface area (Å²) < 4.78 is 71.6. The Kier molecular flexibility index (Phi) is 6.72. The van der Waals surface area contributed by atoms with Gasteiger partial charge in [-0.2, -0.15) is 14.0 Å². The number of nitrogens with zero attached hydrogens (tertiary/aromatic N) is 4. The lowest BCUT2D eigenvalue weighted by Crippen LogP contribution is -2.34. The van der Waals surface area contributed by atoms with E-state index in [0.29, 0.717) is 16.7 Å². The highest BCUT2D eigenvalue weighted by Crippen LogP contribution is 2.37. The quantitative estimate of drug-likeness (QED) is 0.388. The number of benzene rings is 1. The molecule has 0 radical (unpaired) electrons. The number of halogens is 3. The van der Waals surface area contributed by atoms with Gasteiger partial charge in [0, 0.05) is 29.9 Å². The molecule has 8 nitrogen and oxygen atoms in total. The van der Waals surface area contributed by atoms with Crippen LogP contribution < -0.4 is 9.46 Å². The van der Waals surface area contributed by atoms with Crippen LogP contribution in [-0.2, 0) is 10.0 Å². The summed E-state index contributed by atoms with van der Waals surface area (Å²) in [5.41, 5.74) is 1.06. The molecule has 1 N–H and O–H groups in total. The van der Waals surface area contributed by atoms with E-state index in [1.807, 2.05) is 0 Å². The van der Waals surface area contributed by atoms with Gasteiger partial charge >= 0.3 is 6.61 Å². The predicted molar refractivity (Wildman–Crippen MR) is 121 cm³/mol. The van der Waals surface area contributed by atoms with Crippen LogP contribution >= 0.6 is 0 Å². The number of fused-ring (bicyclic) bond motifs is 1. The van der Waals surface area contributed by atoms with Gasteiger partial charge in [-0.15, -0.1) is 0 Å². The van der Waals surface area contributed by atoms with Crippen LogP contribution in [0.25, 0.3) is 28.1 Å². The smallest absolute Gasteiger partial charge is 0.387 e. The number of hydrogen-bond donors (Lipinski definition) is 1. The summed E-state index contributed by atoms with van der Waals surface area (Å²) in [4.78, 5) is 8.38. The van der Waals surface area contributed by atoms with Crippen LogP contribution in [-0.4, -0.2) is 42.3 Å². The first-order valence-corrected chi connectivity index (χ1v) is 11.7. The lowest BCUT2D eigenvalue weighted by atomic mass is 10.1. The fourth-order valence-electron chi connectivity index (χ4n) is 3.57. The molecule has 0 aliphatic heterocycles. The van der Waals surface area contributed by atoms with Gasteiger partial charge in [-0.1, -0.05) is 6.07 Å². The minimum atomic E-state index is -4.01. The van der Waals surface area contributed by atoms with E-state index in [9.17, 15) is 26.9 Å². The van der Waals surface area contributed by atoms with E-state index in [2.05, 4.69) is 25.5 Å². The second-order valence-electron chi connectivity index (χ2n) is 7.47. The molecule has 1 aromatic carbocycles. The Morgan fingerprint density at radius 2 is 1.97 bits per heavy atom. The minimum absolute atomic E-state index is 0.110. The van der Waals surface area contributed by atoms with Crippen LogP contribution in [0.3, 0.4) is 0 Å². The molecule has 35 heavy (non-hydrogen) atoms. The molecule has 3 heterocycles. The van der Waals surface area contributed by atoms with Gasteiger partial charge in [0.2, 0.25) is 10.0 Å². The standard InChI is InChI=1S/C23H18F3N5O3S/c1-14(11-24)30-35(32,33)16-6-8-19(29-13-16)22-18(12-27)17-7-5-15(34-23(25)26)10-20(17)31(22)21-4-2-3-9-28-21/h2-10,13-14,23,30H,11H2,1H3/t14-/m0/s1. The average Bonchev–Trinajstić information content (AvgIpc) is 3.17. The molecule has 3 aromatic heterocycles. The summed E-state index contributed by atoms with van der Waals surface area (Å²) in [6, 6.07) is 13.1. The topological polar surface area (TPSA) is 110 Å². The molecule has 0 saturated heterocycles. The molecule has 180 valence electrons. The van der Waals surface area contributed by atoms with Gasteiger partial charge in [-0.05, 0) is 43.3 Å². The van der Waals surface area contributed by atoms with E-state index in [0.717, 1.165) is 6.20 Å². The Morgan fingerprint density at radius 1 is 1.17 bits per heavy atom. The maximum atomic E-state index is 12.8. The summed E-state index contributed by atoms with van der Waals surface area (Å²) in [5, 5.41) is 10.4. The van der Waals surface area contributed by atoms with Gasteiger partial charge in [0.1, 0.15) is 29.2 Å². The molecule has 0 fully saturated rings. The Balaban J connectivity index is 1.92. The number of pyridine rings is 2. The third-order valence-corrected chi connectivity index (χ3v) is 6.61. The van der Waals surface area contributed by atoms with Crippen LogP contribution in [0, 0.1) is 11.3 Å². The number of nitrogens with one attached hydrogen (secondary N) is 1. The normalized spacial score (nSPS) is 12.6. The molecule has 4 rings (SSSR count). The number of rotatable bonds is 8. The van der Waals surface area contributed by atoms with Crippen molar-refractivity contribution in [1.29, 1.82) is 5.26 Å². The molecule has 0 saturated carbocycles. The fraction of sp³-hybridized carbons (Fsp3) is 0.174. The van der Waals surface area contributed by atoms with E-state index >= 15 is 0 Å². The molecular weight excluding hydrogens is 483 g/mol. The summed E-state index contributed by atoms with van der Waals surface area (Å²) in [7, 11) is -4.01. The van der Waals surface area contributed by atoms with Crippen molar-refractivity contribution in [3.8, 4) is 29.0 Å². The van der Waals surface area contributed by atoms with Crippen molar-refractivity contribution in [1.82, 2.24) is 19.3 Å². The van der Waals surface area contributed by atoms with Gasteiger partial charge in [0.05, 0.1) is 22.5 Å². The van der Waals surface area contributed by atoms with E-state index < -0.39 is 29.4 Å². The molecule has 1 atom stereocenters. The fourth-order valence-corrected chi connectivity index (χ4v) is 4.73. The summed E-state index contributed by atoms with van der Waals surface area (Å²) in [5.74, 6) is 0.265. The second-order valence-corrected chi connectivity index (χ2v) is 9.19. The Hall–Kier alpha value is -3.95. The van der Waals surface area contributed by atoms with Crippen molar-refractivity contribution >= 4 is 20.9 Å². The van der Waals surface area contributed by atoms with Gasteiger partial charge in [0.15, 0.2) is 0 Å². The van der Waals surface area contributed by atoms with Crippen molar-refractivity contribution in [2.45, 2.75) is 24.5 Å². The first kappa shape index (κ1) is 24.2. The zero-order valence-corrected chi connectivity index (χ0v) is 19.0. The zero-order chi connectivity index (χ0) is 25.2. The van der Waals surface area contributed by atoms with E-state index in [4.69, 9.17) is 0 Å². The molecule has 0 spiro atoms. The SMILES string of the molecule is C[C@@H](CF)NS(=O)(=O)c1ccc(-c2c(C#N)c3ccc(OC(F)F)cc3n2-c2ccccn2)nc1. The minimum Gasteiger partial charge on any atom is -0.435 e. The lowest BCUT2D eigenvalue weighted by molar-refractivity contribution is -0.0497. The third kappa shape index (κ3) is 4.82. The van der Waals surface area contributed by atoms with Crippen molar-refractivity contribution in [2.75, 3.05) is 6.67 Å². The molecule has 0 bridgehead atoms. The van der Waals surface area contributed by atoms with E-state index in [-0.39, 0.29) is 27.6 Å². The number of alkyl halides is 3. The monoisotopic (exact) mass is 501 g/mol. The van der Waals surface area contributed by atoms with Crippen LogP contribution in [0.4, 0.5) is 13.2 Å². The zero-order valence-electron chi connectivity index (χ0n) is 18.2. The maximum Gasteiger partial charge on any atom is 0.387 e. The van der Waals surface area contributed by atoms with Crippen LogP contribution in [0.1, 0.15) is 12.5 Å². The lowest BCUT2D eigenvalue weighted by Gasteiger charge is -2.12. The molecule has 12 heteroatoms. The van der Waals surface area contributed by atoms with Gasteiger partial charge < -0.3 is 4.74 Å². The predicted octanol–water partition coefficient (Wildman–Crippen LogP) is 4.20. The molecule has 0 aliphatic rings. The largest absolute Gasteiger partial charge is 0.435 e. The van der Waals surface area contributed by atoms with Crippen molar-refractivity contribution < 1.29 is 26.3 Å². The van der Waals surface area contributed by atoms with E-state index in [1.54, 1.807) is 22.8 Å². The number of hydrogen-bond acceptors (Lipinski definition) is 6. The van der Waals surface area contributed by atoms with Gasteiger partial charge in [-0.3, -0.25) is 9.55 Å². The van der Waals surface area contributed by atoms with Crippen LogP contribution in [0.2, 0.25) is 0 Å². The molecule has 0 aliphatic carbocycles. The van der Waals surface area contributed by atoms with Crippen molar-refractivity contribution in [3.63, 3.8) is 0 Å². The first-order chi connectivity index (χ1) is 16.7. The molecule has 0 unspecified atom stereocenters. The number of nitriles is 1. The van der Waals surface area contributed by atoms with Crippen molar-refractivity contribution in [2.24, 2.45) is 0 Å². The Bertz CT molecular complexity index is 1500. The third-order valence-electron chi connectivity index (χ3n) is 5.03. The molecule has 4 aromatic rings. The molecular formula is C23H18F3N5O3S. The average molecular weight is 501 g/mol. The van der Waals surface area contributed by atoms with Crippen LogP contribution in [0.15, 0.2) is 65.8 Å². The van der Waals surface area contributed by atoms with Gasteiger partial charge in [0.25, 0.3) is 0 Å². The summed E-state index contributed by atoms with van der Waals surface area (Å²) >= 11 is 0. The Labute approximate surface area is 198 Å². The second kappa shape index (κ2) is 9.73. The first-order valence-electron chi connectivity index (χ1n) is 10.2. The van der Waals surface area contributed by atoms with Gasteiger partial charge in [-0.25, -0.2) is 22.5 Å². The summed E-state index contributed by atoms with van der Waals surface area (Å²) in [6.07, 6.45) is 2.62. The van der Waals surface area contributed by atoms with Crippen molar-refractivity contribution in [3.05, 3.63) is 66.5 Å². The van der Waals surface area contributed by atoms with Crippen LogP contribution in [0.5, 0.6) is 5.75 Å². The Morgan fingerprint density at radius 3 is 2.57 bits per heavy atom. The summed E-state index contributed by atoms with van der Waals surface area (Å²) in [6.45, 7) is -2.53.